The van der Waals surface area contributed by atoms with Crippen LogP contribution in [0.1, 0.15) is 12.5 Å². The molecular weight excluding hydrogens is 357 g/mol. The topological polar surface area (TPSA) is 111 Å². The van der Waals surface area contributed by atoms with Gasteiger partial charge in [-0.3, -0.25) is 30.6 Å². The zero-order chi connectivity index (χ0) is 19.8. The third-order valence-electron chi connectivity index (χ3n) is 3.37. The molecule has 0 aliphatic carbocycles. The first-order chi connectivity index (χ1) is 12.9. The lowest BCUT2D eigenvalue weighted by molar-refractivity contribution is -0.385. The summed E-state index contributed by atoms with van der Waals surface area (Å²) >= 11 is 0. The number of ether oxygens (including phenoxy) is 1. The molecule has 0 fully saturated rings. The van der Waals surface area contributed by atoms with E-state index in [2.05, 4.69) is 10.9 Å². The summed E-state index contributed by atoms with van der Waals surface area (Å²) in [5.41, 5.74) is 4.32. The van der Waals surface area contributed by atoms with Gasteiger partial charge in [0.1, 0.15) is 0 Å². The van der Waals surface area contributed by atoms with E-state index in [0.717, 1.165) is 6.08 Å². The minimum atomic E-state index is -1.07. The van der Waals surface area contributed by atoms with Gasteiger partial charge in [-0.15, -0.1) is 0 Å². The van der Waals surface area contributed by atoms with Crippen molar-refractivity contribution in [2.75, 3.05) is 0 Å². The van der Waals surface area contributed by atoms with Gasteiger partial charge in [0.2, 0.25) is 0 Å². The van der Waals surface area contributed by atoms with E-state index in [0.29, 0.717) is 0 Å². The van der Waals surface area contributed by atoms with E-state index in [-0.39, 0.29) is 17.0 Å². The summed E-state index contributed by atoms with van der Waals surface area (Å²) in [5.74, 6) is -2.12. The highest BCUT2D eigenvalue weighted by Gasteiger charge is 2.16. The van der Waals surface area contributed by atoms with Gasteiger partial charge in [-0.05, 0) is 31.2 Å². The van der Waals surface area contributed by atoms with Crippen LogP contribution in [0.25, 0.3) is 6.08 Å². The number of nitrogens with zero attached hydrogens (tertiary/aromatic N) is 1. The highest BCUT2D eigenvalue weighted by Crippen LogP contribution is 2.19. The second-order valence-electron chi connectivity index (χ2n) is 5.32. The van der Waals surface area contributed by atoms with Crippen LogP contribution in [0.4, 0.5) is 10.1 Å². The monoisotopic (exact) mass is 373 g/mol. The van der Waals surface area contributed by atoms with Crippen molar-refractivity contribution in [3.63, 3.8) is 0 Å². The number of hydrogen-bond donors (Lipinski definition) is 2. The molecule has 0 saturated heterocycles. The van der Waals surface area contributed by atoms with E-state index in [1.807, 2.05) is 0 Å². The molecule has 0 aliphatic rings. The zero-order valence-electron chi connectivity index (χ0n) is 14.2. The van der Waals surface area contributed by atoms with Gasteiger partial charge in [0.05, 0.1) is 10.5 Å². The number of carbonyl (C=O) groups is 2. The lowest BCUT2D eigenvalue weighted by Gasteiger charge is -2.15. The van der Waals surface area contributed by atoms with Crippen molar-refractivity contribution in [1.29, 1.82) is 0 Å². The molecule has 0 radical (unpaired) electrons. The van der Waals surface area contributed by atoms with Crippen LogP contribution < -0.4 is 15.6 Å². The molecule has 0 heterocycles. The number of hydrogen-bond acceptors (Lipinski definition) is 5. The van der Waals surface area contributed by atoms with E-state index in [9.17, 15) is 24.1 Å². The number of benzene rings is 2. The first kappa shape index (κ1) is 19.6. The number of amides is 2. The van der Waals surface area contributed by atoms with Crippen molar-refractivity contribution < 1.29 is 23.6 Å². The molecule has 2 aromatic rings. The Labute approximate surface area is 153 Å². The average molecular weight is 373 g/mol. The molecule has 0 aromatic heterocycles. The van der Waals surface area contributed by atoms with Crippen molar-refractivity contribution >= 4 is 23.6 Å². The van der Waals surface area contributed by atoms with Crippen LogP contribution in [-0.4, -0.2) is 22.8 Å². The lowest BCUT2D eigenvalue weighted by atomic mass is 10.1. The largest absolute Gasteiger partial charge is 0.478 e. The number of nitro groups is 1. The summed E-state index contributed by atoms with van der Waals surface area (Å²) in [6.45, 7) is 1.39. The molecule has 0 bridgehead atoms. The Morgan fingerprint density at radius 3 is 2.52 bits per heavy atom. The number of nitro benzene ring substituents is 1. The second-order valence-corrected chi connectivity index (χ2v) is 5.32. The molecule has 0 saturated carbocycles. The molecule has 2 N–H and O–H groups in total. The fraction of sp³-hybridized carbons (Fsp3) is 0.111. The van der Waals surface area contributed by atoms with Gasteiger partial charge in [-0.2, -0.15) is 0 Å². The minimum absolute atomic E-state index is 0.0947. The number of carbonyl (C=O) groups excluding carboxylic acids is 2. The first-order valence-corrected chi connectivity index (χ1v) is 7.81. The Morgan fingerprint density at radius 1 is 1.15 bits per heavy atom. The Kier molecular flexibility index (Phi) is 6.59. The molecule has 2 aromatic carbocycles. The summed E-state index contributed by atoms with van der Waals surface area (Å²) in [6, 6.07) is 11.5. The van der Waals surface area contributed by atoms with Crippen molar-refractivity contribution in [3.8, 4) is 5.75 Å². The third-order valence-corrected chi connectivity index (χ3v) is 3.37. The fourth-order valence-electron chi connectivity index (χ4n) is 2.01. The molecule has 0 unspecified atom stereocenters. The van der Waals surface area contributed by atoms with Crippen LogP contribution in [0.3, 0.4) is 0 Å². The van der Waals surface area contributed by atoms with Crippen LogP contribution in [0, 0.1) is 15.9 Å². The van der Waals surface area contributed by atoms with Gasteiger partial charge in [0, 0.05) is 12.1 Å². The molecule has 140 valence electrons. The van der Waals surface area contributed by atoms with Gasteiger partial charge in [-0.1, -0.05) is 24.3 Å². The molecule has 1 atom stereocenters. The number of para-hydroxylation sites is 2. The molecule has 2 rings (SSSR count). The summed E-state index contributed by atoms with van der Waals surface area (Å²) < 4.78 is 18.7. The average Bonchev–Trinajstić information content (AvgIpc) is 2.66. The highest BCUT2D eigenvalue weighted by molar-refractivity contribution is 5.94. The Hall–Kier alpha value is -3.75. The van der Waals surface area contributed by atoms with Crippen molar-refractivity contribution in [2.24, 2.45) is 0 Å². The van der Waals surface area contributed by atoms with E-state index in [1.165, 1.54) is 49.4 Å². The predicted molar refractivity (Wildman–Crippen MR) is 94.9 cm³/mol. The molecule has 9 heteroatoms. The van der Waals surface area contributed by atoms with Gasteiger partial charge in [0.15, 0.2) is 17.7 Å². The van der Waals surface area contributed by atoms with Crippen molar-refractivity contribution in [1.82, 2.24) is 10.9 Å². The summed E-state index contributed by atoms with van der Waals surface area (Å²) in [7, 11) is 0. The normalized spacial score (nSPS) is 11.6. The van der Waals surface area contributed by atoms with Crippen LogP contribution in [0.5, 0.6) is 5.75 Å². The third kappa shape index (κ3) is 5.63. The highest BCUT2D eigenvalue weighted by atomic mass is 19.1. The first-order valence-electron chi connectivity index (χ1n) is 7.81. The van der Waals surface area contributed by atoms with E-state index in [1.54, 1.807) is 12.1 Å². The Morgan fingerprint density at radius 2 is 1.81 bits per heavy atom. The molecule has 27 heavy (non-hydrogen) atoms. The maximum Gasteiger partial charge on any atom is 0.279 e. The number of halogens is 1. The minimum Gasteiger partial charge on any atom is -0.478 e. The summed E-state index contributed by atoms with van der Waals surface area (Å²) in [5, 5.41) is 10.9. The summed E-state index contributed by atoms with van der Waals surface area (Å²) in [4.78, 5) is 34.0. The molecule has 2 amide bonds. The van der Waals surface area contributed by atoms with Crippen LogP contribution in [-0.2, 0) is 9.59 Å². The second kappa shape index (κ2) is 9.09. The van der Waals surface area contributed by atoms with Gasteiger partial charge >= 0.3 is 0 Å². The van der Waals surface area contributed by atoms with Crippen molar-refractivity contribution in [3.05, 3.63) is 76.1 Å². The molecule has 0 aliphatic heterocycles. The number of hydrazine groups is 1. The predicted octanol–water partition coefficient (Wildman–Crippen LogP) is 2.36. The maximum absolute atomic E-state index is 13.5. The van der Waals surface area contributed by atoms with Crippen LogP contribution in [0.2, 0.25) is 0 Å². The zero-order valence-corrected chi connectivity index (χ0v) is 14.2. The molecule has 0 spiro atoms. The molecule has 8 nitrogen and oxygen atoms in total. The number of rotatable bonds is 6. The smallest absolute Gasteiger partial charge is 0.279 e. The van der Waals surface area contributed by atoms with Gasteiger partial charge < -0.3 is 4.74 Å². The number of nitrogens with one attached hydrogen (secondary N) is 2. The lowest BCUT2D eigenvalue weighted by Crippen LogP contribution is -2.46. The van der Waals surface area contributed by atoms with E-state index >= 15 is 0 Å². The SMILES string of the molecule is C[C@H](Oc1ccccc1F)C(=O)NNC(=O)/C=C/c1ccccc1[N+](=O)[O-]. The standard InChI is InChI=1S/C18H16FN3O5/c1-12(27-16-9-5-3-7-14(16)19)18(24)21-20-17(23)11-10-13-6-2-4-8-15(13)22(25)26/h2-12H,1H3,(H,20,23)(H,21,24)/b11-10+/t12-/m0/s1. The summed E-state index contributed by atoms with van der Waals surface area (Å²) in [6.07, 6.45) is 1.21. The fourth-order valence-corrected chi connectivity index (χ4v) is 2.01. The van der Waals surface area contributed by atoms with E-state index < -0.39 is 28.7 Å². The van der Waals surface area contributed by atoms with Crippen molar-refractivity contribution in [2.45, 2.75) is 13.0 Å². The molecular formula is C18H16FN3O5. The quantitative estimate of drug-likeness (QED) is 0.459. The van der Waals surface area contributed by atoms with Gasteiger partial charge in [-0.25, -0.2) is 4.39 Å². The Balaban J connectivity index is 1.89. The van der Waals surface area contributed by atoms with Crippen LogP contribution in [0.15, 0.2) is 54.6 Å². The van der Waals surface area contributed by atoms with Gasteiger partial charge in [0.25, 0.3) is 17.5 Å². The van der Waals surface area contributed by atoms with E-state index in [4.69, 9.17) is 4.74 Å². The maximum atomic E-state index is 13.5. The Bertz CT molecular complexity index is 885. The van der Waals surface area contributed by atoms with Crippen LogP contribution >= 0.6 is 0 Å².